The van der Waals surface area contributed by atoms with E-state index in [-0.39, 0.29) is 12.2 Å². The van der Waals surface area contributed by atoms with E-state index in [1.807, 2.05) is 24.3 Å². The van der Waals surface area contributed by atoms with E-state index in [1.165, 1.54) is 4.68 Å². The number of terminal acetylenes is 1. The summed E-state index contributed by atoms with van der Waals surface area (Å²) in [6.45, 7) is 2.32. The molecule has 154 valence electrons. The van der Waals surface area contributed by atoms with Crippen LogP contribution in [-0.4, -0.2) is 22.5 Å². The summed E-state index contributed by atoms with van der Waals surface area (Å²) in [6.07, 6.45) is 9.59. The Kier molecular flexibility index (Phi) is 8.30. The molecule has 1 aromatic heterocycles. The summed E-state index contributed by atoms with van der Waals surface area (Å²) in [7, 11) is 0. The van der Waals surface area contributed by atoms with Crippen molar-refractivity contribution < 1.29 is 4.74 Å². The number of hydrogen-bond donors (Lipinski definition) is 0. The zero-order chi connectivity index (χ0) is 21.7. The van der Waals surface area contributed by atoms with Gasteiger partial charge in [0, 0.05) is 10.9 Å². The maximum absolute atomic E-state index is 13.1. The molecule has 0 amide bonds. The first-order valence-corrected chi connectivity index (χ1v) is 12.2. The molecule has 3 aromatic rings. The van der Waals surface area contributed by atoms with Crippen LogP contribution < -0.4 is 10.3 Å². The Hall–Kier alpha value is -1.45. The van der Waals surface area contributed by atoms with Crippen molar-refractivity contribution in [1.82, 2.24) is 9.66 Å². The van der Waals surface area contributed by atoms with Gasteiger partial charge in [-0.25, -0.2) is 4.98 Å². The number of hydrogen-bond acceptors (Lipinski definition) is 4. The highest BCUT2D eigenvalue weighted by Gasteiger charge is 2.12. The Morgan fingerprint density at radius 2 is 2.03 bits per heavy atom. The van der Waals surface area contributed by atoms with Gasteiger partial charge in [0.05, 0.1) is 24.3 Å². The van der Waals surface area contributed by atoms with E-state index >= 15 is 0 Å². The molecule has 0 radical (unpaired) electrons. The van der Waals surface area contributed by atoms with E-state index in [2.05, 4.69) is 79.1 Å². The summed E-state index contributed by atoms with van der Waals surface area (Å²) in [5, 5.41) is 5.04. The molecule has 5 nitrogen and oxygen atoms in total. The molecular weight excluding hydrogens is 672 g/mol. The Labute approximate surface area is 210 Å². The third-order valence-electron chi connectivity index (χ3n) is 4.27. The second-order valence-electron chi connectivity index (χ2n) is 6.46. The predicted molar refractivity (Wildman–Crippen MR) is 142 cm³/mol. The highest BCUT2D eigenvalue weighted by Crippen LogP contribution is 2.28. The number of ether oxygens (including phenoxy) is 1. The van der Waals surface area contributed by atoms with Crippen LogP contribution >= 0.6 is 61.1 Å². The van der Waals surface area contributed by atoms with Crippen molar-refractivity contribution in [2.45, 2.75) is 26.2 Å². The lowest BCUT2D eigenvalue weighted by atomic mass is 10.2. The molecule has 0 aliphatic heterocycles. The van der Waals surface area contributed by atoms with Gasteiger partial charge in [-0.1, -0.05) is 35.2 Å². The fourth-order valence-corrected chi connectivity index (χ4v) is 5.33. The van der Waals surface area contributed by atoms with E-state index in [4.69, 9.17) is 16.1 Å². The van der Waals surface area contributed by atoms with Crippen LogP contribution in [0.5, 0.6) is 5.75 Å². The smallest absolute Gasteiger partial charge is 0.282 e. The third kappa shape index (κ3) is 5.42. The van der Waals surface area contributed by atoms with Gasteiger partial charge in [0.1, 0.15) is 18.2 Å². The lowest BCUT2D eigenvalue weighted by Crippen LogP contribution is -2.22. The van der Waals surface area contributed by atoms with Crippen LogP contribution in [0, 0.1) is 19.5 Å². The van der Waals surface area contributed by atoms with Gasteiger partial charge in [0.2, 0.25) is 0 Å². The molecule has 0 aliphatic rings. The Morgan fingerprint density at radius 3 is 2.70 bits per heavy atom. The molecule has 0 fully saturated rings. The van der Waals surface area contributed by atoms with Crippen molar-refractivity contribution in [1.29, 1.82) is 0 Å². The lowest BCUT2D eigenvalue weighted by Gasteiger charge is -2.10. The average molecular weight is 690 g/mol. The molecule has 0 unspecified atom stereocenters. The van der Waals surface area contributed by atoms with Gasteiger partial charge in [-0.15, -0.1) is 6.42 Å². The minimum absolute atomic E-state index is 0.179. The van der Waals surface area contributed by atoms with Crippen molar-refractivity contribution in [2.24, 2.45) is 5.10 Å². The van der Waals surface area contributed by atoms with Crippen LogP contribution in [0.4, 0.5) is 0 Å². The average Bonchev–Trinajstić information content (AvgIpc) is 2.71. The predicted octanol–water partition coefficient (Wildman–Crippen LogP) is 5.61. The minimum Gasteiger partial charge on any atom is -0.479 e. The second kappa shape index (κ2) is 10.7. The van der Waals surface area contributed by atoms with Gasteiger partial charge in [-0.3, -0.25) is 4.79 Å². The number of halogens is 3. The maximum Gasteiger partial charge on any atom is 0.282 e. The number of rotatable bonds is 7. The van der Waals surface area contributed by atoms with Gasteiger partial charge in [-0.05, 0) is 87.5 Å². The molecule has 0 saturated carbocycles. The number of unbranched alkanes of at least 4 members (excludes halogenated alkanes) is 1. The third-order valence-corrected chi connectivity index (χ3v) is 6.37. The standard InChI is InChI=1S/C22H18BrI2N3O2/c1-3-5-6-20-27-19-8-7-15(23)12-16(19)22(29)28(20)26-13-14-10-17(24)21(18(25)11-14)30-9-4-2/h2,7-8,10-13H,3,5-6,9H2,1H3. The largest absolute Gasteiger partial charge is 0.479 e. The van der Waals surface area contributed by atoms with Gasteiger partial charge in [-0.2, -0.15) is 9.78 Å². The van der Waals surface area contributed by atoms with E-state index in [9.17, 15) is 4.79 Å². The van der Waals surface area contributed by atoms with Crippen molar-refractivity contribution in [3.05, 3.63) is 63.7 Å². The fraction of sp³-hybridized carbons (Fsp3) is 0.227. The number of aryl methyl sites for hydroxylation is 1. The molecule has 30 heavy (non-hydrogen) atoms. The lowest BCUT2D eigenvalue weighted by molar-refractivity contribution is 0.365. The topological polar surface area (TPSA) is 56.5 Å². The molecule has 1 heterocycles. The monoisotopic (exact) mass is 689 g/mol. The molecule has 0 N–H and O–H groups in total. The SMILES string of the molecule is C#CCOc1c(I)cc(C=Nn2c(CCCC)nc3ccc(Br)cc3c2=O)cc1I. The van der Waals surface area contributed by atoms with Crippen LogP contribution in [0.2, 0.25) is 0 Å². The molecule has 2 aromatic carbocycles. The summed E-state index contributed by atoms with van der Waals surface area (Å²) < 4.78 is 9.70. The summed E-state index contributed by atoms with van der Waals surface area (Å²) in [5.41, 5.74) is 1.36. The number of nitrogens with zero attached hydrogens (tertiary/aromatic N) is 3. The van der Waals surface area contributed by atoms with E-state index in [1.54, 1.807) is 12.3 Å². The Bertz CT molecular complexity index is 1190. The van der Waals surface area contributed by atoms with Gasteiger partial charge < -0.3 is 4.74 Å². The second-order valence-corrected chi connectivity index (χ2v) is 9.70. The first kappa shape index (κ1) is 23.2. The maximum atomic E-state index is 13.1. The van der Waals surface area contributed by atoms with Crippen LogP contribution in [0.15, 0.2) is 44.7 Å². The summed E-state index contributed by atoms with van der Waals surface area (Å²) in [6, 6.07) is 9.41. The summed E-state index contributed by atoms with van der Waals surface area (Å²) in [5.74, 6) is 3.89. The normalized spacial score (nSPS) is 11.2. The molecule has 0 bridgehead atoms. The minimum atomic E-state index is -0.179. The molecule has 0 aliphatic carbocycles. The summed E-state index contributed by atoms with van der Waals surface area (Å²) >= 11 is 7.84. The molecular formula is C22H18BrI2N3O2. The zero-order valence-corrected chi connectivity index (χ0v) is 22.1. The van der Waals surface area contributed by atoms with E-state index in [0.717, 1.165) is 35.8 Å². The van der Waals surface area contributed by atoms with Gasteiger partial charge in [0.15, 0.2) is 0 Å². The molecule has 0 atom stereocenters. The number of benzene rings is 2. The van der Waals surface area contributed by atoms with Crippen molar-refractivity contribution in [3.63, 3.8) is 0 Å². The zero-order valence-electron chi connectivity index (χ0n) is 16.2. The Morgan fingerprint density at radius 1 is 1.30 bits per heavy atom. The van der Waals surface area contributed by atoms with Crippen molar-refractivity contribution in [3.8, 4) is 18.1 Å². The molecule has 0 spiro atoms. The van der Waals surface area contributed by atoms with E-state index in [0.29, 0.717) is 23.1 Å². The van der Waals surface area contributed by atoms with Crippen LogP contribution in [0.3, 0.4) is 0 Å². The van der Waals surface area contributed by atoms with Crippen LogP contribution in [-0.2, 0) is 6.42 Å². The van der Waals surface area contributed by atoms with Gasteiger partial charge in [0.25, 0.3) is 5.56 Å². The molecule has 8 heteroatoms. The quantitative estimate of drug-likeness (QED) is 0.184. The highest BCUT2D eigenvalue weighted by molar-refractivity contribution is 14.1. The van der Waals surface area contributed by atoms with Crippen LogP contribution in [0.1, 0.15) is 31.2 Å². The fourth-order valence-electron chi connectivity index (χ4n) is 2.84. The van der Waals surface area contributed by atoms with Gasteiger partial charge >= 0.3 is 0 Å². The molecule has 3 rings (SSSR count). The highest BCUT2D eigenvalue weighted by atomic mass is 127. The van der Waals surface area contributed by atoms with Crippen LogP contribution in [0.25, 0.3) is 10.9 Å². The molecule has 0 saturated heterocycles. The van der Waals surface area contributed by atoms with Crippen molar-refractivity contribution >= 4 is 78.2 Å². The first-order chi connectivity index (χ1) is 14.4. The first-order valence-electron chi connectivity index (χ1n) is 9.25. The number of fused-ring (bicyclic) bond motifs is 1. The summed E-state index contributed by atoms with van der Waals surface area (Å²) in [4.78, 5) is 17.8. The number of aromatic nitrogens is 2. The van der Waals surface area contributed by atoms with E-state index < -0.39 is 0 Å². The van der Waals surface area contributed by atoms with Crippen molar-refractivity contribution in [2.75, 3.05) is 6.61 Å². The Balaban J connectivity index is 2.05.